The van der Waals surface area contributed by atoms with Gasteiger partial charge in [0.25, 0.3) is 0 Å². The van der Waals surface area contributed by atoms with Crippen LogP contribution in [-0.2, 0) is 0 Å². The minimum Gasteiger partial charge on any atom is -0.454 e. The van der Waals surface area contributed by atoms with Gasteiger partial charge in [-0.15, -0.1) is 0 Å². The number of furan rings is 1. The third-order valence-corrected chi connectivity index (χ3v) is 11.9. The molecular formula is C52H34N2O. The summed E-state index contributed by atoms with van der Waals surface area (Å²) in [7, 11) is 0. The Bertz CT molecular complexity index is 3240. The number of allylic oxidation sites excluding steroid dienone is 4. The number of hydrogen-bond acceptors (Lipinski definition) is 2. The third-order valence-electron chi connectivity index (χ3n) is 11.9. The van der Waals surface area contributed by atoms with Gasteiger partial charge in [0.15, 0.2) is 5.58 Å². The normalized spacial score (nSPS) is 15.2. The third kappa shape index (κ3) is 4.50. The molecule has 0 saturated carbocycles. The molecule has 10 aromatic rings. The quantitative estimate of drug-likeness (QED) is 0.182. The van der Waals surface area contributed by atoms with Gasteiger partial charge in [-0.25, -0.2) is 0 Å². The van der Waals surface area contributed by atoms with Gasteiger partial charge in [0.2, 0.25) is 0 Å². The molecule has 12 rings (SSSR count). The molecule has 55 heavy (non-hydrogen) atoms. The fraction of sp³-hybridized carbons (Fsp3) is 0.0385. The SMILES string of the molecule is C1=C(c2ccc3c(c2)c2ccccc2n3-c2cccc(-c3ccccc3)c2)CC2C(=C1)N(c1cccc3ccccc13)c1c2ccc2c1oc1ccccc12. The second-order valence-corrected chi connectivity index (χ2v) is 14.9. The lowest BCUT2D eigenvalue weighted by molar-refractivity contribution is 0.669. The van der Waals surface area contributed by atoms with E-state index in [-0.39, 0.29) is 5.92 Å². The Morgan fingerprint density at radius 1 is 0.491 bits per heavy atom. The van der Waals surface area contributed by atoms with Crippen LogP contribution in [0.3, 0.4) is 0 Å². The number of para-hydroxylation sites is 2. The highest BCUT2D eigenvalue weighted by Crippen LogP contribution is 2.57. The largest absolute Gasteiger partial charge is 0.454 e. The molecule has 1 atom stereocenters. The summed E-state index contributed by atoms with van der Waals surface area (Å²) in [6.45, 7) is 0. The lowest BCUT2D eigenvalue weighted by Crippen LogP contribution is -2.16. The molecule has 2 aromatic heterocycles. The van der Waals surface area contributed by atoms with Gasteiger partial charge >= 0.3 is 0 Å². The number of hydrogen-bond donors (Lipinski definition) is 0. The Morgan fingerprint density at radius 2 is 1.24 bits per heavy atom. The van der Waals surface area contributed by atoms with Gasteiger partial charge in [-0.3, -0.25) is 0 Å². The van der Waals surface area contributed by atoms with Crippen molar-refractivity contribution in [2.45, 2.75) is 12.3 Å². The van der Waals surface area contributed by atoms with Crippen LogP contribution in [0.1, 0.15) is 23.5 Å². The molecule has 2 aliphatic rings. The Labute approximate surface area is 318 Å². The second-order valence-electron chi connectivity index (χ2n) is 14.9. The monoisotopic (exact) mass is 702 g/mol. The van der Waals surface area contributed by atoms with E-state index in [2.05, 4.69) is 198 Å². The molecular weight excluding hydrogens is 669 g/mol. The van der Waals surface area contributed by atoms with Crippen LogP contribution in [0.2, 0.25) is 0 Å². The van der Waals surface area contributed by atoms with Gasteiger partial charge in [-0.05, 0) is 88.2 Å². The van der Waals surface area contributed by atoms with Crippen molar-refractivity contribution in [2.75, 3.05) is 4.90 Å². The molecule has 0 amide bonds. The molecule has 0 radical (unpaired) electrons. The zero-order valence-electron chi connectivity index (χ0n) is 30.0. The van der Waals surface area contributed by atoms with Crippen LogP contribution >= 0.6 is 0 Å². The molecule has 3 nitrogen and oxygen atoms in total. The van der Waals surface area contributed by atoms with Gasteiger partial charge in [-0.2, -0.15) is 0 Å². The number of nitrogens with zero attached hydrogens (tertiary/aromatic N) is 2. The van der Waals surface area contributed by atoms with Crippen LogP contribution in [0.4, 0.5) is 11.4 Å². The lowest BCUT2D eigenvalue weighted by atomic mass is 9.84. The lowest BCUT2D eigenvalue weighted by Gasteiger charge is -2.27. The maximum absolute atomic E-state index is 6.75. The zero-order chi connectivity index (χ0) is 36.0. The first-order valence-corrected chi connectivity index (χ1v) is 19.1. The maximum Gasteiger partial charge on any atom is 0.159 e. The first-order chi connectivity index (χ1) is 27.3. The fourth-order valence-electron chi connectivity index (χ4n) is 9.41. The van der Waals surface area contributed by atoms with Crippen molar-refractivity contribution in [1.29, 1.82) is 0 Å². The maximum atomic E-state index is 6.75. The van der Waals surface area contributed by atoms with Crippen molar-refractivity contribution in [3.63, 3.8) is 0 Å². The number of fused-ring (bicyclic) bond motifs is 11. The van der Waals surface area contributed by atoms with Gasteiger partial charge in [-0.1, -0.05) is 140 Å². The van der Waals surface area contributed by atoms with Crippen molar-refractivity contribution in [1.82, 2.24) is 4.57 Å². The predicted molar refractivity (Wildman–Crippen MR) is 229 cm³/mol. The summed E-state index contributed by atoms with van der Waals surface area (Å²) in [5, 5.41) is 7.30. The van der Waals surface area contributed by atoms with Crippen molar-refractivity contribution < 1.29 is 4.42 Å². The zero-order valence-corrected chi connectivity index (χ0v) is 30.0. The summed E-state index contributed by atoms with van der Waals surface area (Å²) >= 11 is 0. The molecule has 3 heteroatoms. The summed E-state index contributed by atoms with van der Waals surface area (Å²) in [4.78, 5) is 2.49. The average Bonchev–Trinajstić information content (AvgIpc) is 3.91. The van der Waals surface area contributed by atoms with Crippen molar-refractivity contribution in [2.24, 2.45) is 0 Å². The Balaban J connectivity index is 1.02. The van der Waals surface area contributed by atoms with E-state index < -0.39 is 0 Å². The number of anilines is 2. The first kappa shape index (κ1) is 30.4. The average molecular weight is 703 g/mol. The molecule has 1 aliphatic heterocycles. The highest BCUT2D eigenvalue weighted by atomic mass is 16.3. The van der Waals surface area contributed by atoms with Crippen molar-refractivity contribution >= 4 is 71.5 Å². The standard InChI is InChI=1S/C52H34N2O/c1-2-12-33(13-3-1)35-16-10-17-38(30-35)53-47-21-8-6-19-40(47)44-31-36(24-28-48(44)53)37-25-29-49-45(32-37)42-26-27-43-41-20-7-9-23-50(41)55-52(43)51(42)54(49)46-22-11-15-34-14-4-5-18-39(34)46/h1-31,45H,32H2. The number of aromatic nitrogens is 1. The molecule has 0 fully saturated rings. The van der Waals surface area contributed by atoms with Gasteiger partial charge in [0.1, 0.15) is 5.58 Å². The molecule has 1 aliphatic carbocycles. The van der Waals surface area contributed by atoms with Gasteiger partial charge in [0, 0.05) is 44.2 Å². The minimum absolute atomic E-state index is 0.185. The molecule has 1 unspecified atom stereocenters. The summed E-state index contributed by atoms with van der Waals surface area (Å²) in [5.41, 5.74) is 15.4. The molecule has 8 aromatic carbocycles. The van der Waals surface area contributed by atoms with Crippen LogP contribution < -0.4 is 4.90 Å². The van der Waals surface area contributed by atoms with E-state index in [0.717, 1.165) is 39.7 Å². The van der Waals surface area contributed by atoms with E-state index in [1.165, 1.54) is 71.8 Å². The number of benzene rings is 8. The fourth-order valence-corrected chi connectivity index (χ4v) is 9.41. The highest BCUT2D eigenvalue weighted by molar-refractivity contribution is 6.13. The first-order valence-electron chi connectivity index (χ1n) is 19.1. The van der Waals surface area contributed by atoms with Crippen molar-refractivity contribution in [3.8, 4) is 16.8 Å². The molecule has 3 heterocycles. The van der Waals surface area contributed by atoms with Crippen LogP contribution in [-0.4, -0.2) is 4.57 Å². The van der Waals surface area contributed by atoms with E-state index in [1.54, 1.807) is 0 Å². The van der Waals surface area contributed by atoms with E-state index in [4.69, 9.17) is 4.42 Å². The minimum atomic E-state index is 0.185. The van der Waals surface area contributed by atoms with Crippen LogP contribution in [0, 0.1) is 0 Å². The van der Waals surface area contributed by atoms with Gasteiger partial charge in [0.05, 0.1) is 22.4 Å². The molecule has 0 spiro atoms. The summed E-state index contributed by atoms with van der Waals surface area (Å²) in [6, 6.07) is 63.8. The van der Waals surface area contributed by atoms with Crippen LogP contribution in [0.25, 0.3) is 76.9 Å². The Hall–Kier alpha value is -7.10. The smallest absolute Gasteiger partial charge is 0.159 e. The van der Waals surface area contributed by atoms with E-state index >= 15 is 0 Å². The summed E-state index contributed by atoms with van der Waals surface area (Å²) < 4.78 is 9.17. The van der Waals surface area contributed by atoms with Crippen molar-refractivity contribution in [3.05, 3.63) is 205 Å². The summed E-state index contributed by atoms with van der Waals surface area (Å²) in [6.07, 6.45) is 5.62. The predicted octanol–water partition coefficient (Wildman–Crippen LogP) is 14.1. The number of rotatable bonds is 4. The van der Waals surface area contributed by atoms with E-state index in [0.29, 0.717) is 0 Å². The van der Waals surface area contributed by atoms with E-state index in [1.807, 2.05) is 0 Å². The molecule has 0 N–H and O–H groups in total. The topological polar surface area (TPSA) is 21.3 Å². The Morgan fingerprint density at radius 3 is 2.16 bits per heavy atom. The molecule has 0 saturated heterocycles. The highest BCUT2D eigenvalue weighted by Gasteiger charge is 2.39. The van der Waals surface area contributed by atoms with E-state index in [9.17, 15) is 0 Å². The Kier molecular flexibility index (Phi) is 6.46. The molecule has 0 bridgehead atoms. The summed E-state index contributed by atoms with van der Waals surface area (Å²) in [5.74, 6) is 0.185. The molecule has 258 valence electrons. The van der Waals surface area contributed by atoms with Crippen LogP contribution in [0.5, 0.6) is 0 Å². The van der Waals surface area contributed by atoms with Gasteiger partial charge < -0.3 is 13.9 Å². The second kappa shape index (κ2) is 11.7. The van der Waals surface area contributed by atoms with Crippen LogP contribution in [0.15, 0.2) is 198 Å².